The first kappa shape index (κ1) is 21.3. The molecule has 0 saturated heterocycles. The Morgan fingerprint density at radius 2 is 1.93 bits per heavy atom. The highest BCUT2D eigenvalue weighted by Crippen LogP contribution is 2.39. The molecule has 2 unspecified atom stereocenters. The van der Waals surface area contributed by atoms with E-state index in [0.29, 0.717) is 18.4 Å². The van der Waals surface area contributed by atoms with Crippen LogP contribution >= 0.6 is 0 Å². The third-order valence-electron chi connectivity index (χ3n) is 5.54. The number of amides is 2. The number of aryl methyl sites for hydroxylation is 1. The molecule has 150 valence electrons. The van der Waals surface area contributed by atoms with Gasteiger partial charge in [-0.2, -0.15) is 0 Å². The normalized spacial score (nSPS) is 24.8. The van der Waals surface area contributed by atoms with Crippen molar-refractivity contribution in [2.24, 2.45) is 17.6 Å². The second-order valence-electron chi connectivity index (χ2n) is 7.33. The number of carbonyl (C=O) groups is 2. The summed E-state index contributed by atoms with van der Waals surface area (Å²) in [6.07, 6.45) is 0.443. The van der Waals surface area contributed by atoms with Crippen molar-refractivity contribution in [2.45, 2.75) is 56.7 Å². The summed E-state index contributed by atoms with van der Waals surface area (Å²) >= 11 is 0. The van der Waals surface area contributed by atoms with Gasteiger partial charge in [-0.25, -0.2) is 9.87 Å². The minimum atomic E-state index is -1.45. The summed E-state index contributed by atoms with van der Waals surface area (Å²) in [7, 11) is 0. The van der Waals surface area contributed by atoms with Crippen LogP contribution in [-0.4, -0.2) is 38.9 Å². The fraction of sp³-hybridized carbons (Fsp3) is 0.579. The van der Waals surface area contributed by atoms with E-state index in [1.165, 1.54) is 6.07 Å². The molecule has 0 radical (unpaired) electrons. The van der Waals surface area contributed by atoms with Gasteiger partial charge < -0.3 is 15.9 Å². The zero-order chi connectivity index (χ0) is 20.0. The van der Waals surface area contributed by atoms with E-state index in [4.69, 9.17) is 10.9 Å². The van der Waals surface area contributed by atoms with Crippen molar-refractivity contribution >= 4 is 11.8 Å². The molecular weight excluding hydrogens is 355 g/mol. The van der Waals surface area contributed by atoms with Crippen LogP contribution in [0.4, 0.5) is 4.39 Å². The van der Waals surface area contributed by atoms with Gasteiger partial charge in [0.15, 0.2) is 0 Å². The third kappa shape index (κ3) is 5.47. The molecule has 8 heteroatoms. The topological polar surface area (TPSA) is 133 Å². The van der Waals surface area contributed by atoms with Crippen LogP contribution in [0.1, 0.15) is 44.1 Å². The van der Waals surface area contributed by atoms with Crippen molar-refractivity contribution in [3.8, 4) is 0 Å². The minimum absolute atomic E-state index is 0.0847. The fourth-order valence-corrected chi connectivity index (χ4v) is 3.81. The van der Waals surface area contributed by atoms with Crippen LogP contribution in [0, 0.1) is 17.7 Å². The molecule has 0 bridgehead atoms. The highest BCUT2D eigenvalue weighted by Gasteiger charge is 2.45. The van der Waals surface area contributed by atoms with Gasteiger partial charge in [-0.1, -0.05) is 18.2 Å². The van der Waals surface area contributed by atoms with Crippen LogP contribution in [-0.2, 0) is 16.0 Å². The van der Waals surface area contributed by atoms with Gasteiger partial charge in [0.05, 0.1) is 17.6 Å². The maximum Gasteiger partial charge on any atom is 0.249 e. The van der Waals surface area contributed by atoms with E-state index in [0.717, 1.165) is 0 Å². The SMILES string of the molecule is NC(=O)C1CCC(O)(C(CC(O)CCc2ccccc2F)C(=O)NO)CC1. The van der Waals surface area contributed by atoms with Gasteiger partial charge in [0.25, 0.3) is 0 Å². The molecule has 1 saturated carbocycles. The van der Waals surface area contributed by atoms with Crippen LogP contribution in [0.25, 0.3) is 0 Å². The van der Waals surface area contributed by atoms with Crippen molar-refractivity contribution in [3.05, 3.63) is 35.6 Å². The van der Waals surface area contributed by atoms with Crippen LogP contribution in [0.15, 0.2) is 24.3 Å². The van der Waals surface area contributed by atoms with E-state index in [-0.39, 0.29) is 43.8 Å². The lowest BCUT2D eigenvalue weighted by Crippen LogP contribution is -2.50. The Bertz CT molecular complexity index is 661. The van der Waals surface area contributed by atoms with Crippen molar-refractivity contribution < 1.29 is 29.4 Å². The van der Waals surface area contributed by atoms with Gasteiger partial charge in [0.1, 0.15) is 5.82 Å². The summed E-state index contributed by atoms with van der Waals surface area (Å²) in [4.78, 5) is 23.4. The molecule has 0 aliphatic heterocycles. The lowest BCUT2D eigenvalue weighted by Gasteiger charge is -2.40. The molecule has 2 atom stereocenters. The number of halogens is 1. The van der Waals surface area contributed by atoms with Gasteiger partial charge in [-0.15, -0.1) is 0 Å². The Morgan fingerprint density at radius 1 is 1.30 bits per heavy atom. The Kier molecular flexibility index (Phi) is 7.29. The Morgan fingerprint density at radius 3 is 2.48 bits per heavy atom. The number of aliphatic hydroxyl groups is 2. The molecule has 2 amide bonds. The third-order valence-corrected chi connectivity index (χ3v) is 5.54. The number of hydrogen-bond donors (Lipinski definition) is 5. The molecular formula is C19H27FN2O5. The smallest absolute Gasteiger partial charge is 0.249 e. The first-order valence-electron chi connectivity index (χ1n) is 9.14. The van der Waals surface area contributed by atoms with E-state index in [2.05, 4.69) is 0 Å². The molecule has 7 nitrogen and oxygen atoms in total. The number of nitrogens with one attached hydrogen (secondary N) is 1. The number of primary amides is 1. The van der Waals surface area contributed by atoms with Gasteiger partial charge in [-0.05, 0) is 56.6 Å². The van der Waals surface area contributed by atoms with E-state index in [1.54, 1.807) is 23.7 Å². The van der Waals surface area contributed by atoms with Gasteiger partial charge in [0.2, 0.25) is 11.8 Å². The zero-order valence-corrected chi connectivity index (χ0v) is 15.1. The van der Waals surface area contributed by atoms with E-state index in [1.807, 2.05) is 0 Å². The number of carbonyl (C=O) groups excluding carboxylic acids is 2. The molecule has 1 aromatic rings. The second-order valence-corrected chi connectivity index (χ2v) is 7.33. The van der Waals surface area contributed by atoms with E-state index < -0.39 is 29.4 Å². The van der Waals surface area contributed by atoms with Crippen molar-refractivity contribution in [2.75, 3.05) is 0 Å². The van der Waals surface area contributed by atoms with Crippen molar-refractivity contribution in [1.29, 1.82) is 0 Å². The molecule has 1 aliphatic carbocycles. The van der Waals surface area contributed by atoms with E-state index >= 15 is 0 Å². The summed E-state index contributed by atoms with van der Waals surface area (Å²) in [5.41, 5.74) is 5.86. The Labute approximate surface area is 157 Å². The summed E-state index contributed by atoms with van der Waals surface area (Å²) in [6, 6.07) is 6.24. The number of hydrogen-bond acceptors (Lipinski definition) is 5. The monoisotopic (exact) mass is 382 g/mol. The molecule has 0 aromatic heterocycles. The molecule has 6 N–H and O–H groups in total. The number of rotatable bonds is 8. The number of nitrogens with two attached hydrogens (primary N) is 1. The van der Waals surface area contributed by atoms with Gasteiger partial charge >= 0.3 is 0 Å². The molecule has 1 aromatic carbocycles. The van der Waals surface area contributed by atoms with Crippen LogP contribution in [0.3, 0.4) is 0 Å². The molecule has 1 fully saturated rings. The maximum absolute atomic E-state index is 13.7. The maximum atomic E-state index is 13.7. The summed E-state index contributed by atoms with van der Waals surface area (Å²) < 4.78 is 13.7. The largest absolute Gasteiger partial charge is 0.393 e. The first-order chi connectivity index (χ1) is 12.8. The molecule has 0 heterocycles. The molecule has 2 rings (SSSR count). The quantitative estimate of drug-likeness (QED) is 0.338. The van der Waals surface area contributed by atoms with Crippen molar-refractivity contribution in [3.63, 3.8) is 0 Å². The fourth-order valence-electron chi connectivity index (χ4n) is 3.81. The predicted octanol–water partition coefficient (Wildman–Crippen LogP) is 1.04. The molecule has 27 heavy (non-hydrogen) atoms. The summed E-state index contributed by atoms with van der Waals surface area (Å²) in [5, 5.41) is 30.3. The van der Waals surface area contributed by atoms with Gasteiger partial charge in [0, 0.05) is 5.92 Å². The Hall–Kier alpha value is -2.03. The standard InChI is InChI=1S/C19H27FN2O5/c20-16-4-2-1-3-12(16)5-6-14(23)11-15(18(25)22-27)19(26)9-7-13(8-10-19)17(21)24/h1-4,13-15,23,26-27H,5-11H2,(H2,21,24)(H,22,25). The summed E-state index contributed by atoms with van der Waals surface area (Å²) in [6.45, 7) is 0. The average molecular weight is 382 g/mol. The van der Waals surface area contributed by atoms with Crippen LogP contribution in [0.2, 0.25) is 0 Å². The lowest BCUT2D eigenvalue weighted by atomic mass is 9.70. The van der Waals surface area contributed by atoms with Crippen LogP contribution < -0.4 is 11.2 Å². The number of benzene rings is 1. The van der Waals surface area contributed by atoms with Crippen molar-refractivity contribution in [1.82, 2.24) is 5.48 Å². The number of aliphatic hydroxyl groups excluding tert-OH is 1. The lowest BCUT2D eigenvalue weighted by molar-refractivity contribution is -0.150. The molecule has 0 spiro atoms. The average Bonchev–Trinajstić information content (AvgIpc) is 2.65. The summed E-state index contributed by atoms with van der Waals surface area (Å²) in [5.74, 6) is -3.00. The van der Waals surface area contributed by atoms with Crippen LogP contribution in [0.5, 0.6) is 0 Å². The van der Waals surface area contributed by atoms with E-state index in [9.17, 15) is 24.2 Å². The zero-order valence-electron chi connectivity index (χ0n) is 15.1. The highest BCUT2D eigenvalue weighted by atomic mass is 19.1. The second kappa shape index (κ2) is 9.25. The van der Waals surface area contributed by atoms with Gasteiger partial charge in [-0.3, -0.25) is 14.8 Å². The number of hydroxylamine groups is 1. The Balaban J connectivity index is 2.00. The highest BCUT2D eigenvalue weighted by molar-refractivity contribution is 5.79. The predicted molar refractivity (Wildman–Crippen MR) is 94.9 cm³/mol. The minimum Gasteiger partial charge on any atom is -0.393 e. The first-order valence-corrected chi connectivity index (χ1v) is 9.14. The molecule has 1 aliphatic rings.